The lowest BCUT2D eigenvalue weighted by atomic mass is 10.1. The Morgan fingerprint density at radius 1 is 1.27 bits per heavy atom. The van der Waals surface area contributed by atoms with Crippen LogP contribution in [0.5, 0.6) is 17.4 Å². The van der Waals surface area contributed by atoms with Crippen molar-refractivity contribution < 1.29 is 22.6 Å². The van der Waals surface area contributed by atoms with Crippen molar-refractivity contribution >= 4 is 17.7 Å². The van der Waals surface area contributed by atoms with E-state index in [1.807, 2.05) is 0 Å². The first-order valence-electron chi connectivity index (χ1n) is 6.89. The van der Waals surface area contributed by atoms with E-state index in [1.54, 1.807) is 18.2 Å². The number of hydrogen-bond acceptors (Lipinski definition) is 5. The predicted molar refractivity (Wildman–Crippen MR) is 86.5 cm³/mol. The molecule has 0 amide bonds. The summed E-state index contributed by atoms with van der Waals surface area (Å²) in [5.41, 5.74) is -0.930. The van der Waals surface area contributed by atoms with Gasteiger partial charge in [-0.2, -0.15) is 23.7 Å². The van der Waals surface area contributed by atoms with Crippen LogP contribution in [0.25, 0.3) is 6.08 Å². The van der Waals surface area contributed by atoms with Crippen LogP contribution in [0, 0.1) is 22.7 Å². The average Bonchev–Trinajstić information content (AvgIpc) is 2.61. The summed E-state index contributed by atoms with van der Waals surface area (Å²) in [6.45, 7) is 0. The van der Waals surface area contributed by atoms with Crippen molar-refractivity contribution in [1.29, 1.82) is 10.5 Å². The Kier molecular flexibility index (Phi) is 5.71. The number of nitriles is 2. The van der Waals surface area contributed by atoms with Crippen LogP contribution in [-0.4, -0.2) is 12.1 Å². The van der Waals surface area contributed by atoms with Crippen LogP contribution in [0.15, 0.2) is 36.0 Å². The van der Waals surface area contributed by atoms with Crippen molar-refractivity contribution in [2.75, 3.05) is 7.11 Å². The molecule has 1 aromatic heterocycles. The minimum absolute atomic E-state index is 0.0483. The molecule has 2 rings (SSSR count). The zero-order valence-electron chi connectivity index (χ0n) is 13.1. The highest BCUT2D eigenvalue weighted by molar-refractivity contribution is 6.31. The molecular formula is C17H9ClF3N3O2. The Bertz CT molecular complexity index is 928. The van der Waals surface area contributed by atoms with Crippen LogP contribution in [0.1, 0.15) is 11.1 Å². The van der Waals surface area contributed by atoms with E-state index >= 15 is 0 Å². The number of ether oxygens (including phenoxy) is 2. The van der Waals surface area contributed by atoms with Crippen molar-refractivity contribution in [2.45, 2.75) is 6.18 Å². The molecule has 1 heterocycles. The molecule has 0 unspecified atom stereocenters. The SMILES string of the molecule is COc1cccc(C=C(C#N)C#N)c1Oc1ncc(C(F)(F)F)cc1Cl. The minimum Gasteiger partial charge on any atom is -0.493 e. The number of nitrogens with zero attached hydrogens (tertiary/aromatic N) is 3. The molecule has 0 aliphatic carbocycles. The van der Waals surface area contributed by atoms with Crippen LogP contribution in [0.2, 0.25) is 5.02 Å². The van der Waals surface area contributed by atoms with Gasteiger partial charge in [-0.25, -0.2) is 4.98 Å². The van der Waals surface area contributed by atoms with Crippen molar-refractivity contribution in [2.24, 2.45) is 0 Å². The van der Waals surface area contributed by atoms with Gasteiger partial charge in [0.1, 0.15) is 22.7 Å². The Morgan fingerprint density at radius 3 is 2.50 bits per heavy atom. The second-order valence-corrected chi connectivity index (χ2v) is 5.18. The third kappa shape index (κ3) is 4.24. The summed E-state index contributed by atoms with van der Waals surface area (Å²) < 4.78 is 48.8. The van der Waals surface area contributed by atoms with E-state index in [0.29, 0.717) is 17.8 Å². The summed E-state index contributed by atoms with van der Waals surface area (Å²) >= 11 is 5.85. The molecule has 0 saturated heterocycles. The van der Waals surface area contributed by atoms with Gasteiger partial charge in [-0.05, 0) is 18.2 Å². The highest BCUT2D eigenvalue weighted by Gasteiger charge is 2.32. The lowest BCUT2D eigenvalue weighted by Gasteiger charge is -2.14. The summed E-state index contributed by atoms with van der Waals surface area (Å²) in [5, 5.41) is 17.4. The van der Waals surface area contributed by atoms with Crippen molar-refractivity contribution in [3.05, 3.63) is 52.2 Å². The number of hydrogen-bond donors (Lipinski definition) is 0. The van der Waals surface area contributed by atoms with Gasteiger partial charge in [0.2, 0.25) is 5.88 Å². The second-order valence-electron chi connectivity index (χ2n) is 4.77. The zero-order valence-corrected chi connectivity index (χ0v) is 13.9. The second kappa shape index (κ2) is 7.77. The van der Waals surface area contributed by atoms with Gasteiger partial charge in [0.25, 0.3) is 0 Å². The smallest absolute Gasteiger partial charge is 0.417 e. The Hall–Kier alpha value is -3.23. The lowest BCUT2D eigenvalue weighted by Crippen LogP contribution is -2.06. The highest BCUT2D eigenvalue weighted by atomic mass is 35.5. The maximum Gasteiger partial charge on any atom is 0.417 e. The number of allylic oxidation sites excluding steroid dienone is 1. The van der Waals surface area contributed by atoms with Gasteiger partial charge in [0.05, 0.1) is 12.7 Å². The molecule has 0 atom stereocenters. The topological polar surface area (TPSA) is 78.9 Å². The maximum absolute atomic E-state index is 12.7. The fraction of sp³-hybridized carbons (Fsp3) is 0.118. The highest BCUT2D eigenvalue weighted by Crippen LogP contribution is 2.39. The van der Waals surface area contributed by atoms with Crippen LogP contribution in [0.4, 0.5) is 13.2 Å². The number of benzene rings is 1. The molecule has 0 radical (unpaired) electrons. The molecule has 5 nitrogen and oxygen atoms in total. The summed E-state index contributed by atoms with van der Waals surface area (Å²) in [7, 11) is 1.35. The number of methoxy groups -OCH3 is 1. The molecule has 0 saturated carbocycles. The molecule has 26 heavy (non-hydrogen) atoms. The third-order valence-corrected chi connectivity index (χ3v) is 3.37. The Labute approximate surface area is 151 Å². The Balaban J connectivity index is 2.52. The first kappa shape index (κ1) is 19.1. The Morgan fingerprint density at radius 2 is 1.96 bits per heavy atom. The molecule has 0 bridgehead atoms. The molecule has 0 fully saturated rings. The molecule has 0 aliphatic rings. The zero-order chi connectivity index (χ0) is 19.3. The summed E-state index contributed by atoms with van der Waals surface area (Å²) in [6, 6.07) is 8.74. The quantitative estimate of drug-likeness (QED) is 0.699. The monoisotopic (exact) mass is 379 g/mol. The summed E-state index contributed by atoms with van der Waals surface area (Å²) in [4.78, 5) is 3.60. The van der Waals surface area contributed by atoms with E-state index < -0.39 is 11.7 Å². The normalized spacial score (nSPS) is 10.4. The predicted octanol–water partition coefficient (Wildman–Crippen LogP) is 4.99. The number of pyridine rings is 1. The molecule has 0 aliphatic heterocycles. The number of rotatable bonds is 4. The molecule has 132 valence electrons. The van der Waals surface area contributed by atoms with E-state index in [-0.39, 0.29) is 28.0 Å². The summed E-state index contributed by atoms with van der Waals surface area (Å²) in [6.07, 6.45) is -2.76. The van der Waals surface area contributed by atoms with E-state index in [4.69, 9.17) is 31.6 Å². The van der Waals surface area contributed by atoms with Crippen molar-refractivity contribution in [3.63, 3.8) is 0 Å². The number of para-hydroxylation sites is 1. The van der Waals surface area contributed by atoms with Crippen LogP contribution >= 0.6 is 11.6 Å². The van der Waals surface area contributed by atoms with Gasteiger partial charge in [-0.3, -0.25) is 0 Å². The van der Waals surface area contributed by atoms with Gasteiger partial charge < -0.3 is 9.47 Å². The lowest BCUT2D eigenvalue weighted by molar-refractivity contribution is -0.137. The van der Waals surface area contributed by atoms with Gasteiger partial charge in [0, 0.05) is 11.8 Å². The number of halogens is 4. The molecule has 0 N–H and O–H groups in total. The standard InChI is InChI=1S/C17H9ClF3N3O2/c1-25-14-4-2-3-11(5-10(7-22)8-23)15(14)26-16-13(18)6-12(9-24-16)17(19,20)21/h2-6,9H,1H3. The van der Waals surface area contributed by atoms with Crippen molar-refractivity contribution in [1.82, 2.24) is 4.98 Å². The average molecular weight is 380 g/mol. The molecule has 0 spiro atoms. The van der Waals surface area contributed by atoms with E-state index in [1.165, 1.54) is 25.3 Å². The molecule has 2 aromatic rings. The first-order chi connectivity index (χ1) is 12.3. The third-order valence-electron chi connectivity index (χ3n) is 3.10. The van der Waals surface area contributed by atoms with E-state index in [9.17, 15) is 13.2 Å². The van der Waals surface area contributed by atoms with Gasteiger partial charge >= 0.3 is 6.18 Å². The van der Waals surface area contributed by atoms with E-state index in [0.717, 1.165) is 0 Å². The fourth-order valence-electron chi connectivity index (χ4n) is 1.91. The molecular weight excluding hydrogens is 371 g/mol. The van der Waals surface area contributed by atoms with E-state index in [2.05, 4.69) is 4.98 Å². The maximum atomic E-state index is 12.7. The van der Waals surface area contributed by atoms with Gasteiger partial charge in [0.15, 0.2) is 11.5 Å². The number of aromatic nitrogens is 1. The molecule has 1 aromatic carbocycles. The first-order valence-corrected chi connectivity index (χ1v) is 7.27. The largest absolute Gasteiger partial charge is 0.493 e. The van der Waals surface area contributed by atoms with Crippen molar-refractivity contribution in [3.8, 4) is 29.5 Å². The van der Waals surface area contributed by atoms with Gasteiger partial charge in [-0.15, -0.1) is 0 Å². The minimum atomic E-state index is -4.60. The fourth-order valence-corrected chi connectivity index (χ4v) is 2.12. The van der Waals surface area contributed by atoms with Crippen LogP contribution in [-0.2, 0) is 6.18 Å². The van der Waals surface area contributed by atoms with Gasteiger partial charge in [-0.1, -0.05) is 23.7 Å². The summed E-state index contributed by atoms with van der Waals surface area (Å²) in [5.74, 6) is -0.0202. The van der Waals surface area contributed by atoms with Crippen LogP contribution in [0.3, 0.4) is 0 Å². The number of alkyl halides is 3. The van der Waals surface area contributed by atoms with Crippen LogP contribution < -0.4 is 9.47 Å². The molecule has 9 heteroatoms.